The van der Waals surface area contributed by atoms with E-state index in [1.807, 2.05) is 54.6 Å². The molecule has 0 saturated carbocycles. The van der Waals surface area contributed by atoms with Gasteiger partial charge in [0.05, 0.1) is 34.5 Å². The molecule has 0 amide bonds. The lowest BCUT2D eigenvalue weighted by molar-refractivity contribution is 0.415. The second-order valence-electron chi connectivity index (χ2n) is 6.31. The molecule has 4 nitrogen and oxygen atoms in total. The van der Waals surface area contributed by atoms with E-state index < -0.39 is 0 Å². The first-order chi connectivity index (χ1) is 13.3. The molecule has 5 aromatic rings. The van der Waals surface area contributed by atoms with Crippen molar-refractivity contribution in [3.05, 3.63) is 84.0 Å². The van der Waals surface area contributed by atoms with Crippen molar-refractivity contribution in [3.63, 3.8) is 0 Å². The van der Waals surface area contributed by atoms with Crippen molar-refractivity contribution in [3.8, 4) is 22.7 Å². The number of ether oxygens (including phenoxy) is 1. The van der Waals surface area contributed by atoms with Gasteiger partial charge in [-0.05, 0) is 30.3 Å². The van der Waals surface area contributed by atoms with E-state index in [9.17, 15) is 0 Å². The fraction of sp³-hybridized carbons (Fsp3) is 0.0455. The topological polar surface area (TPSA) is 31.5 Å². The van der Waals surface area contributed by atoms with Crippen LogP contribution >= 0.6 is 11.6 Å². The molecule has 0 radical (unpaired) electrons. The van der Waals surface area contributed by atoms with Gasteiger partial charge in [-0.25, -0.2) is 4.98 Å². The number of para-hydroxylation sites is 2. The van der Waals surface area contributed by atoms with Gasteiger partial charge in [0.25, 0.3) is 0 Å². The van der Waals surface area contributed by atoms with Gasteiger partial charge >= 0.3 is 0 Å². The molecule has 0 N–H and O–H groups in total. The maximum atomic E-state index is 6.41. The Morgan fingerprint density at radius 3 is 2.48 bits per heavy atom. The van der Waals surface area contributed by atoms with E-state index in [0.717, 1.165) is 33.8 Å². The van der Waals surface area contributed by atoms with Gasteiger partial charge in [0.1, 0.15) is 5.75 Å². The molecular weight excluding hydrogens is 358 g/mol. The smallest absolute Gasteiger partial charge is 0.220 e. The quantitative estimate of drug-likeness (QED) is 0.411. The Labute approximate surface area is 161 Å². The van der Waals surface area contributed by atoms with E-state index >= 15 is 0 Å². The van der Waals surface area contributed by atoms with Crippen LogP contribution in [-0.2, 0) is 0 Å². The Morgan fingerprint density at radius 2 is 1.70 bits per heavy atom. The van der Waals surface area contributed by atoms with Crippen LogP contribution in [0, 0.1) is 0 Å². The monoisotopic (exact) mass is 373 g/mol. The summed E-state index contributed by atoms with van der Waals surface area (Å²) in [4.78, 5) is 4.86. The minimum absolute atomic E-state index is 0.567. The van der Waals surface area contributed by atoms with Crippen LogP contribution in [-0.4, -0.2) is 21.1 Å². The van der Waals surface area contributed by atoms with E-state index in [-0.39, 0.29) is 0 Å². The van der Waals surface area contributed by atoms with Crippen molar-refractivity contribution in [1.29, 1.82) is 0 Å². The van der Waals surface area contributed by atoms with Crippen LogP contribution in [0.4, 0.5) is 0 Å². The lowest BCUT2D eigenvalue weighted by atomic mass is 10.1. The molecule has 0 aliphatic heterocycles. The SMILES string of the molecule is COc1ccc(-n2c(-c3ccccc3)cn3c4ccccc4nc23)cc1Cl. The number of hydrogen-bond donors (Lipinski definition) is 0. The maximum absolute atomic E-state index is 6.41. The third kappa shape index (κ3) is 2.49. The van der Waals surface area contributed by atoms with E-state index in [1.54, 1.807) is 7.11 Å². The fourth-order valence-electron chi connectivity index (χ4n) is 3.47. The maximum Gasteiger partial charge on any atom is 0.220 e. The molecule has 27 heavy (non-hydrogen) atoms. The molecule has 0 fully saturated rings. The summed E-state index contributed by atoms with van der Waals surface area (Å²) in [6.07, 6.45) is 2.12. The number of hydrogen-bond acceptors (Lipinski definition) is 2. The molecule has 0 atom stereocenters. The summed E-state index contributed by atoms with van der Waals surface area (Å²) in [6.45, 7) is 0. The van der Waals surface area contributed by atoms with Gasteiger partial charge < -0.3 is 4.74 Å². The highest BCUT2D eigenvalue weighted by molar-refractivity contribution is 6.32. The third-order valence-corrected chi connectivity index (χ3v) is 5.03. The number of methoxy groups -OCH3 is 1. The van der Waals surface area contributed by atoms with Crippen LogP contribution < -0.4 is 4.74 Å². The first kappa shape index (κ1) is 16.0. The molecule has 3 aromatic carbocycles. The largest absolute Gasteiger partial charge is 0.495 e. The van der Waals surface area contributed by atoms with Crippen LogP contribution in [0.25, 0.3) is 33.8 Å². The van der Waals surface area contributed by atoms with Gasteiger partial charge in [-0.2, -0.15) is 0 Å². The third-order valence-electron chi connectivity index (χ3n) is 4.73. The van der Waals surface area contributed by atoms with Crippen LogP contribution in [0.1, 0.15) is 0 Å². The van der Waals surface area contributed by atoms with Crippen molar-refractivity contribution in [1.82, 2.24) is 14.0 Å². The Hall–Kier alpha value is -3.24. The lowest BCUT2D eigenvalue weighted by Crippen LogP contribution is -1.98. The van der Waals surface area contributed by atoms with Crippen LogP contribution in [0.3, 0.4) is 0 Å². The minimum Gasteiger partial charge on any atom is -0.495 e. The van der Waals surface area contributed by atoms with Crippen molar-refractivity contribution in [2.45, 2.75) is 0 Å². The van der Waals surface area contributed by atoms with Gasteiger partial charge in [0.2, 0.25) is 5.78 Å². The summed E-state index contributed by atoms with van der Waals surface area (Å²) < 4.78 is 9.55. The molecular formula is C22H16ClN3O. The molecule has 0 unspecified atom stereocenters. The zero-order valence-electron chi connectivity index (χ0n) is 14.6. The van der Waals surface area contributed by atoms with Crippen molar-refractivity contribution < 1.29 is 4.74 Å². The van der Waals surface area contributed by atoms with Gasteiger partial charge in [0, 0.05) is 11.8 Å². The van der Waals surface area contributed by atoms with Crippen LogP contribution in [0.2, 0.25) is 5.02 Å². The molecule has 2 heterocycles. The summed E-state index contributed by atoms with van der Waals surface area (Å²) in [5, 5.41) is 0.567. The Bertz CT molecular complexity index is 1270. The number of benzene rings is 3. The average Bonchev–Trinajstić information content (AvgIpc) is 3.24. The van der Waals surface area contributed by atoms with Crippen LogP contribution in [0.5, 0.6) is 5.75 Å². The highest BCUT2D eigenvalue weighted by atomic mass is 35.5. The molecule has 5 heteroatoms. The zero-order valence-corrected chi connectivity index (χ0v) is 15.4. The number of fused-ring (bicyclic) bond motifs is 3. The lowest BCUT2D eigenvalue weighted by Gasteiger charge is -2.11. The first-order valence-electron chi connectivity index (χ1n) is 8.64. The molecule has 0 aliphatic rings. The fourth-order valence-corrected chi connectivity index (χ4v) is 3.72. The normalized spacial score (nSPS) is 11.3. The average molecular weight is 374 g/mol. The summed E-state index contributed by atoms with van der Waals surface area (Å²) in [6, 6.07) is 24.2. The van der Waals surface area contributed by atoms with E-state index in [0.29, 0.717) is 10.8 Å². The Kier molecular flexibility index (Phi) is 3.66. The molecule has 132 valence electrons. The summed E-state index contributed by atoms with van der Waals surface area (Å²) in [5.74, 6) is 1.50. The minimum atomic E-state index is 0.567. The predicted octanol–water partition coefficient (Wildman–Crippen LogP) is 5.61. The predicted molar refractivity (Wildman–Crippen MR) is 109 cm³/mol. The first-order valence-corrected chi connectivity index (χ1v) is 9.02. The molecule has 0 saturated heterocycles. The van der Waals surface area contributed by atoms with E-state index in [4.69, 9.17) is 21.3 Å². The van der Waals surface area contributed by atoms with Crippen molar-refractivity contribution in [2.24, 2.45) is 0 Å². The summed E-state index contributed by atoms with van der Waals surface area (Å²) in [7, 11) is 1.62. The number of halogens is 1. The highest BCUT2D eigenvalue weighted by Gasteiger charge is 2.17. The van der Waals surface area contributed by atoms with Gasteiger partial charge in [-0.3, -0.25) is 8.97 Å². The molecule has 5 rings (SSSR count). The highest BCUT2D eigenvalue weighted by Crippen LogP contribution is 2.33. The van der Waals surface area contributed by atoms with E-state index in [2.05, 4.69) is 33.4 Å². The Morgan fingerprint density at radius 1 is 0.926 bits per heavy atom. The van der Waals surface area contributed by atoms with Gasteiger partial charge in [-0.1, -0.05) is 54.1 Å². The van der Waals surface area contributed by atoms with Crippen LogP contribution in [0.15, 0.2) is 79.0 Å². The summed E-state index contributed by atoms with van der Waals surface area (Å²) in [5.41, 5.74) is 5.12. The molecule has 0 spiro atoms. The van der Waals surface area contributed by atoms with E-state index in [1.165, 1.54) is 0 Å². The summed E-state index contributed by atoms with van der Waals surface area (Å²) >= 11 is 6.41. The van der Waals surface area contributed by atoms with Gasteiger partial charge in [-0.15, -0.1) is 0 Å². The second-order valence-corrected chi connectivity index (χ2v) is 6.71. The number of rotatable bonds is 3. The zero-order chi connectivity index (χ0) is 18.4. The number of aromatic nitrogens is 3. The van der Waals surface area contributed by atoms with Crippen molar-refractivity contribution in [2.75, 3.05) is 7.11 Å². The standard InChI is InChI=1S/C22H16ClN3O/c1-27-21-12-11-16(13-17(21)23)26-20(15-7-3-2-4-8-15)14-25-19-10-6-5-9-18(19)24-22(25)26/h2-14H,1H3. The molecule has 2 aromatic heterocycles. The number of nitrogens with zero attached hydrogens (tertiary/aromatic N) is 3. The van der Waals surface area contributed by atoms with Gasteiger partial charge in [0.15, 0.2) is 0 Å². The van der Waals surface area contributed by atoms with Crippen molar-refractivity contribution >= 4 is 28.4 Å². The Balaban J connectivity index is 1.86. The number of imidazole rings is 2. The second kappa shape index (κ2) is 6.18. The molecule has 0 bridgehead atoms. The molecule has 0 aliphatic carbocycles.